The fourth-order valence-corrected chi connectivity index (χ4v) is 3.55. The first-order valence-electron chi connectivity index (χ1n) is 11.3. The quantitative estimate of drug-likeness (QED) is 0.309. The zero-order chi connectivity index (χ0) is 24.3. The Morgan fingerprint density at radius 3 is 2.38 bits per heavy atom. The zero-order valence-electron chi connectivity index (χ0n) is 19.4. The minimum atomic E-state index is -0.341. The van der Waals surface area contributed by atoms with Crippen LogP contribution in [-0.2, 0) is 0 Å². The Bertz CT molecular complexity index is 1130. The van der Waals surface area contributed by atoms with Gasteiger partial charge in [0.2, 0.25) is 0 Å². The molecule has 0 aliphatic rings. The lowest BCUT2D eigenvalue weighted by Gasteiger charge is -2.21. The number of benzene rings is 3. The molecule has 0 radical (unpaired) electrons. The predicted molar refractivity (Wildman–Crippen MR) is 141 cm³/mol. The number of hydrogen-bond acceptors (Lipinski definition) is 4. The second kappa shape index (κ2) is 12.5. The summed E-state index contributed by atoms with van der Waals surface area (Å²) in [5, 5.41) is 5.81. The number of ether oxygens (including phenoxy) is 1. The lowest BCUT2D eigenvalue weighted by molar-refractivity contribution is 0.0973. The molecule has 0 heterocycles. The molecule has 0 bridgehead atoms. The number of unbranched alkanes of at least 4 members (excludes halogenated alkanes) is 1. The first-order chi connectivity index (χ1) is 16.5. The summed E-state index contributed by atoms with van der Waals surface area (Å²) in [5.41, 5.74) is 2.40. The molecule has 0 saturated carbocycles. The van der Waals surface area contributed by atoms with E-state index in [1.807, 2.05) is 43.3 Å². The normalized spacial score (nSPS) is 10.3. The maximum atomic E-state index is 13.1. The van der Waals surface area contributed by atoms with Crippen molar-refractivity contribution in [2.24, 2.45) is 0 Å². The van der Waals surface area contributed by atoms with Crippen molar-refractivity contribution in [3.8, 4) is 5.75 Å². The maximum Gasteiger partial charge on any atom is 0.258 e. The average molecular weight is 476 g/mol. The minimum Gasteiger partial charge on any atom is -0.494 e. The maximum absolute atomic E-state index is 13.1. The first-order valence-corrected chi connectivity index (χ1v) is 11.7. The van der Waals surface area contributed by atoms with E-state index in [2.05, 4.69) is 17.6 Å². The number of hydrogen-bond donors (Lipinski definition) is 2. The number of anilines is 2. The summed E-state index contributed by atoms with van der Waals surface area (Å²) in [6.45, 7) is 5.17. The van der Waals surface area contributed by atoms with Crippen LogP contribution in [0.5, 0.6) is 5.75 Å². The molecule has 3 aromatic carbocycles. The van der Waals surface area contributed by atoms with E-state index in [4.69, 9.17) is 17.0 Å². The van der Waals surface area contributed by atoms with E-state index < -0.39 is 0 Å². The highest BCUT2D eigenvalue weighted by Crippen LogP contribution is 2.19. The molecule has 0 aliphatic heterocycles. The van der Waals surface area contributed by atoms with Crippen LogP contribution in [0.2, 0.25) is 0 Å². The molecule has 0 unspecified atom stereocenters. The van der Waals surface area contributed by atoms with E-state index in [1.165, 1.54) is 0 Å². The molecule has 3 aromatic rings. The Morgan fingerprint density at radius 1 is 0.912 bits per heavy atom. The molecule has 0 aliphatic carbocycles. The lowest BCUT2D eigenvalue weighted by Crippen LogP contribution is -2.34. The summed E-state index contributed by atoms with van der Waals surface area (Å²) in [6, 6.07) is 23.5. The highest BCUT2D eigenvalue weighted by Gasteiger charge is 2.16. The summed E-state index contributed by atoms with van der Waals surface area (Å²) < 4.78 is 5.67. The molecular weight excluding hydrogens is 446 g/mol. The summed E-state index contributed by atoms with van der Waals surface area (Å²) in [7, 11) is 0. The van der Waals surface area contributed by atoms with E-state index >= 15 is 0 Å². The van der Waals surface area contributed by atoms with E-state index in [-0.39, 0.29) is 16.9 Å². The topological polar surface area (TPSA) is 70.7 Å². The number of rotatable bonds is 9. The molecule has 6 nitrogen and oxygen atoms in total. The van der Waals surface area contributed by atoms with Gasteiger partial charge in [0.1, 0.15) is 5.75 Å². The smallest absolute Gasteiger partial charge is 0.258 e. The van der Waals surface area contributed by atoms with Crippen LogP contribution in [0, 0.1) is 0 Å². The van der Waals surface area contributed by atoms with E-state index in [1.54, 1.807) is 47.4 Å². The number of thiocarbonyl (C=S) groups is 1. The van der Waals surface area contributed by atoms with Gasteiger partial charge in [-0.25, -0.2) is 0 Å². The summed E-state index contributed by atoms with van der Waals surface area (Å²) in [5.74, 6) is 0.184. The van der Waals surface area contributed by atoms with E-state index in [0.29, 0.717) is 35.7 Å². The third-order valence-electron chi connectivity index (χ3n) is 5.09. The summed E-state index contributed by atoms with van der Waals surface area (Å²) in [6.07, 6.45) is 1.99. The molecule has 7 heteroatoms. The Morgan fingerprint density at radius 2 is 1.65 bits per heavy atom. The van der Waals surface area contributed by atoms with Gasteiger partial charge < -0.3 is 15.0 Å². The summed E-state index contributed by atoms with van der Waals surface area (Å²) in [4.78, 5) is 27.4. The molecular formula is C27H29N3O3S. The van der Waals surface area contributed by atoms with Crippen molar-refractivity contribution in [3.63, 3.8) is 0 Å². The van der Waals surface area contributed by atoms with Crippen molar-refractivity contribution in [2.75, 3.05) is 23.4 Å². The van der Waals surface area contributed by atoms with Gasteiger partial charge in [-0.05, 0) is 74.1 Å². The van der Waals surface area contributed by atoms with Gasteiger partial charge in [0.25, 0.3) is 11.8 Å². The van der Waals surface area contributed by atoms with Crippen LogP contribution in [0.3, 0.4) is 0 Å². The largest absolute Gasteiger partial charge is 0.494 e. The van der Waals surface area contributed by atoms with Crippen molar-refractivity contribution in [2.45, 2.75) is 26.7 Å². The monoisotopic (exact) mass is 475 g/mol. The zero-order valence-corrected chi connectivity index (χ0v) is 20.2. The minimum absolute atomic E-state index is 0.118. The van der Waals surface area contributed by atoms with Crippen LogP contribution in [0.25, 0.3) is 0 Å². The van der Waals surface area contributed by atoms with Crippen molar-refractivity contribution < 1.29 is 14.3 Å². The highest BCUT2D eigenvalue weighted by atomic mass is 32.1. The Kier molecular flexibility index (Phi) is 9.17. The Hall–Kier alpha value is -3.71. The molecule has 0 spiro atoms. The molecule has 0 fully saturated rings. The second-order valence-corrected chi connectivity index (χ2v) is 8.01. The summed E-state index contributed by atoms with van der Waals surface area (Å²) >= 11 is 5.32. The van der Waals surface area contributed by atoms with Crippen molar-refractivity contribution in [3.05, 3.63) is 90.0 Å². The van der Waals surface area contributed by atoms with Crippen molar-refractivity contribution >= 4 is 40.5 Å². The highest BCUT2D eigenvalue weighted by molar-refractivity contribution is 7.80. The molecule has 3 rings (SSSR count). The first kappa shape index (κ1) is 24.9. The van der Waals surface area contributed by atoms with Gasteiger partial charge >= 0.3 is 0 Å². The molecule has 34 heavy (non-hydrogen) atoms. The van der Waals surface area contributed by atoms with Gasteiger partial charge in [-0.3, -0.25) is 14.9 Å². The van der Waals surface area contributed by atoms with Gasteiger partial charge in [-0.1, -0.05) is 43.7 Å². The van der Waals surface area contributed by atoms with E-state index in [0.717, 1.165) is 18.5 Å². The SMILES string of the molecule is CCCCOc1cccc(C(=O)NC(=S)Nc2cccc(C(=O)N(CC)c3ccccc3)c2)c1. The molecule has 176 valence electrons. The van der Waals surface area contributed by atoms with Gasteiger partial charge in [0, 0.05) is 29.0 Å². The van der Waals surface area contributed by atoms with Crippen LogP contribution < -0.4 is 20.3 Å². The van der Waals surface area contributed by atoms with Crippen LogP contribution in [0.1, 0.15) is 47.4 Å². The standard InChI is InChI=1S/C27H29N3O3S/c1-3-5-17-33-24-16-10-11-20(19-24)25(31)29-27(34)28-22-13-9-12-21(18-22)26(32)30(4-2)23-14-7-6-8-15-23/h6-16,18-19H,3-5,17H2,1-2H3,(H2,28,29,31,34). The fourth-order valence-electron chi connectivity index (χ4n) is 3.34. The van der Waals surface area contributed by atoms with Crippen molar-refractivity contribution in [1.82, 2.24) is 5.32 Å². The molecule has 0 saturated heterocycles. The molecule has 2 N–H and O–H groups in total. The lowest BCUT2D eigenvalue weighted by atomic mass is 10.1. The van der Waals surface area contributed by atoms with Gasteiger partial charge in [-0.15, -0.1) is 0 Å². The van der Waals surface area contributed by atoms with Crippen LogP contribution in [0.15, 0.2) is 78.9 Å². The number of carbonyl (C=O) groups excluding carboxylic acids is 2. The van der Waals surface area contributed by atoms with Gasteiger partial charge in [0.05, 0.1) is 6.61 Å². The number of nitrogens with zero attached hydrogens (tertiary/aromatic N) is 1. The van der Waals surface area contributed by atoms with Gasteiger partial charge in [-0.2, -0.15) is 0 Å². The van der Waals surface area contributed by atoms with Crippen LogP contribution in [-0.4, -0.2) is 30.1 Å². The molecule has 0 aromatic heterocycles. The number of nitrogens with one attached hydrogen (secondary N) is 2. The molecule has 2 amide bonds. The molecule has 0 atom stereocenters. The van der Waals surface area contributed by atoms with Crippen LogP contribution >= 0.6 is 12.2 Å². The Labute approximate surface area is 205 Å². The third kappa shape index (κ3) is 6.89. The average Bonchev–Trinajstić information content (AvgIpc) is 2.85. The fraction of sp³-hybridized carbons (Fsp3) is 0.222. The van der Waals surface area contributed by atoms with Crippen LogP contribution in [0.4, 0.5) is 11.4 Å². The number of para-hydroxylation sites is 1. The predicted octanol–water partition coefficient (Wildman–Crippen LogP) is 5.66. The number of amides is 2. The number of carbonyl (C=O) groups is 2. The van der Waals surface area contributed by atoms with Crippen molar-refractivity contribution in [1.29, 1.82) is 0 Å². The van der Waals surface area contributed by atoms with Gasteiger partial charge in [0.15, 0.2) is 5.11 Å². The third-order valence-corrected chi connectivity index (χ3v) is 5.29. The second-order valence-electron chi connectivity index (χ2n) is 7.60. The van der Waals surface area contributed by atoms with E-state index in [9.17, 15) is 9.59 Å². The Balaban J connectivity index is 1.63.